The first-order chi connectivity index (χ1) is 5.81. The second-order valence-electron chi connectivity index (χ2n) is 2.51. The van der Waals surface area contributed by atoms with Crippen molar-refractivity contribution in [1.82, 2.24) is 4.37 Å². The molecule has 0 amide bonds. The van der Waals surface area contributed by atoms with Crippen molar-refractivity contribution in [2.75, 3.05) is 0 Å². The number of benzene rings is 1. The molecule has 0 unspecified atom stereocenters. The normalized spacial score (nSPS) is 10.8. The van der Waals surface area contributed by atoms with E-state index in [2.05, 4.69) is 26.4 Å². The van der Waals surface area contributed by atoms with Crippen LogP contribution in [-0.4, -0.2) is 4.37 Å². The van der Waals surface area contributed by atoms with Crippen molar-refractivity contribution in [3.05, 3.63) is 28.4 Å². The second kappa shape index (κ2) is 3.12. The third-order valence-corrected chi connectivity index (χ3v) is 3.06. The van der Waals surface area contributed by atoms with Crippen LogP contribution >= 0.6 is 27.5 Å². The molecule has 0 radical (unpaired) electrons. The standard InChI is InChI=1S/C8H7BrN2S/c9-7-1-5(3-10)8-6(2-7)4-11-12-8/h1-2,4H,3,10H2. The third kappa shape index (κ3) is 1.26. The highest BCUT2D eigenvalue weighted by molar-refractivity contribution is 9.10. The van der Waals surface area contributed by atoms with Gasteiger partial charge in [0.25, 0.3) is 0 Å². The van der Waals surface area contributed by atoms with Gasteiger partial charge in [0.2, 0.25) is 0 Å². The fourth-order valence-corrected chi connectivity index (χ4v) is 2.44. The van der Waals surface area contributed by atoms with Crippen molar-refractivity contribution in [1.29, 1.82) is 0 Å². The summed E-state index contributed by atoms with van der Waals surface area (Å²) in [7, 11) is 0. The van der Waals surface area contributed by atoms with Crippen LogP contribution in [0.15, 0.2) is 22.8 Å². The summed E-state index contributed by atoms with van der Waals surface area (Å²) in [5, 5.41) is 1.16. The predicted octanol–water partition coefficient (Wildman–Crippen LogP) is 2.52. The monoisotopic (exact) mass is 242 g/mol. The summed E-state index contributed by atoms with van der Waals surface area (Å²) >= 11 is 4.93. The molecule has 0 atom stereocenters. The fourth-order valence-electron chi connectivity index (χ4n) is 1.17. The quantitative estimate of drug-likeness (QED) is 0.835. The fraction of sp³-hybridized carbons (Fsp3) is 0.125. The van der Waals surface area contributed by atoms with Crippen LogP contribution in [0.3, 0.4) is 0 Å². The number of aromatic nitrogens is 1. The average Bonchev–Trinajstić information content (AvgIpc) is 2.50. The summed E-state index contributed by atoms with van der Waals surface area (Å²) in [6, 6.07) is 4.10. The number of nitrogens with two attached hydrogens (primary N) is 1. The second-order valence-corrected chi connectivity index (χ2v) is 4.23. The first-order valence-corrected chi connectivity index (χ1v) is 5.11. The molecule has 0 aliphatic carbocycles. The lowest BCUT2D eigenvalue weighted by molar-refractivity contribution is 1.09. The highest BCUT2D eigenvalue weighted by Crippen LogP contribution is 2.26. The Balaban J connectivity index is 2.80. The molecular formula is C8H7BrN2S. The van der Waals surface area contributed by atoms with E-state index < -0.39 is 0 Å². The number of rotatable bonds is 1. The van der Waals surface area contributed by atoms with E-state index >= 15 is 0 Å². The van der Waals surface area contributed by atoms with Crippen LogP contribution in [0.1, 0.15) is 5.56 Å². The molecule has 0 aliphatic heterocycles. The summed E-state index contributed by atoms with van der Waals surface area (Å²) in [6.07, 6.45) is 1.86. The minimum Gasteiger partial charge on any atom is -0.326 e. The van der Waals surface area contributed by atoms with Crippen molar-refractivity contribution in [2.45, 2.75) is 6.54 Å². The minimum atomic E-state index is 0.568. The lowest BCUT2D eigenvalue weighted by Crippen LogP contribution is -1.95. The molecule has 0 spiro atoms. The molecule has 0 aliphatic rings. The molecule has 2 nitrogen and oxygen atoms in total. The topological polar surface area (TPSA) is 38.9 Å². The van der Waals surface area contributed by atoms with Gasteiger partial charge in [-0.05, 0) is 29.2 Å². The molecule has 2 rings (SSSR count). The van der Waals surface area contributed by atoms with Crippen LogP contribution in [0.5, 0.6) is 0 Å². The summed E-state index contributed by atoms with van der Waals surface area (Å²) < 4.78 is 6.38. The van der Waals surface area contributed by atoms with E-state index in [1.165, 1.54) is 16.2 Å². The number of hydrogen-bond donors (Lipinski definition) is 1. The molecule has 62 valence electrons. The van der Waals surface area contributed by atoms with Gasteiger partial charge in [-0.3, -0.25) is 0 Å². The Morgan fingerprint density at radius 2 is 2.33 bits per heavy atom. The van der Waals surface area contributed by atoms with Crippen molar-refractivity contribution in [2.24, 2.45) is 5.73 Å². The molecule has 12 heavy (non-hydrogen) atoms. The number of nitrogens with zero attached hydrogens (tertiary/aromatic N) is 1. The van der Waals surface area contributed by atoms with Gasteiger partial charge in [-0.2, -0.15) is 4.37 Å². The molecule has 1 heterocycles. The summed E-state index contributed by atoms with van der Waals surface area (Å²) in [5.74, 6) is 0. The number of hydrogen-bond acceptors (Lipinski definition) is 3. The lowest BCUT2D eigenvalue weighted by Gasteiger charge is -1.98. The van der Waals surface area contributed by atoms with E-state index in [0.29, 0.717) is 6.54 Å². The van der Waals surface area contributed by atoms with E-state index in [-0.39, 0.29) is 0 Å². The third-order valence-electron chi connectivity index (χ3n) is 1.72. The van der Waals surface area contributed by atoms with Crippen molar-refractivity contribution >= 4 is 37.5 Å². The summed E-state index contributed by atoms with van der Waals surface area (Å²) in [5.41, 5.74) is 6.76. The number of halogens is 1. The van der Waals surface area contributed by atoms with Gasteiger partial charge in [-0.25, -0.2) is 0 Å². The number of fused-ring (bicyclic) bond motifs is 1. The Morgan fingerprint density at radius 3 is 3.08 bits per heavy atom. The predicted molar refractivity (Wildman–Crippen MR) is 55.2 cm³/mol. The molecular weight excluding hydrogens is 236 g/mol. The van der Waals surface area contributed by atoms with Gasteiger partial charge < -0.3 is 5.73 Å². The highest BCUT2D eigenvalue weighted by Gasteiger charge is 2.03. The van der Waals surface area contributed by atoms with Gasteiger partial charge in [-0.1, -0.05) is 15.9 Å². The largest absolute Gasteiger partial charge is 0.326 e. The average molecular weight is 243 g/mol. The van der Waals surface area contributed by atoms with E-state index in [1.54, 1.807) is 0 Å². The SMILES string of the molecule is NCc1cc(Br)cc2cnsc12. The molecule has 1 aromatic carbocycles. The maximum absolute atomic E-state index is 5.60. The van der Waals surface area contributed by atoms with Gasteiger partial charge in [0, 0.05) is 22.6 Å². The van der Waals surface area contributed by atoms with E-state index in [1.807, 2.05) is 12.3 Å². The molecule has 0 bridgehead atoms. The zero-order valence-corrected chi connectivity index (χ0v) is 8.65. The Labute approximate surface area is 82.7 Å². The maximum atomic E-state index is 5.60. The van der Waals surface area contributed by atoms with Gasteiger partial charge in [0.05, 0.1) is 4.70 Å². The van der Waals surface area contributed by atoms with Gasteiger partial charge in [0.1, 0.15) is 0 Å². The van der Waals surface area contributed by atoms with Crippen LogP contribution in [0, 0.1) is 0 Å². The summed E-state index contributed by atoms with van der Waals surface area (Å²) in [4.78, 5) is 0. The Morgan fingerprint density at radius 1 is 1.50 bits per heavy atom. The van der Waals surface area contributed by atoms with Crippen LogP contribution in [-0.2, 0) is 6.54 Å². The molecule has 1 aromatic heterocycles. The maximum Gasteiger partial charge on any atom is 0.0595 e. The zero-order valence-electron chi connectivity index (χ0n) is 6.25. The first-order valence-electron chi connectivity index (χ1n) is 3.54. The molecule has 0 saturated heterocycles. The van der Waals surface area contributed by atoms with Crippen LogP contribution in [0.2, 0.25) is 0 Å². The van der Waals surface area contributed by atoms with Crippen molar-refractivity contribution in [3.8, 4) is 0 Å². The van der Waals surface area contributed by atoms with Crippen molar-refractivity contribution < 1.29 is 0 Å². The smallest absolute Gasteiger partial charge is 0.0595 e. The summed E-state index contributed by atoms with van der Waals surface area (Å²) in [6.45, 7) is 0.568. The van der Waals surface area contributed by atoms with Gasteiger partial charge in [-0.15, -0.1) is 0 Å². The molecule has 0 fully saturated rings. The minimum absolute atomic E-state index is 0.568. The van der Waals surface area contributed by atoms with Crippen LogP contribution < -0.4 is 5.73 Å². The molecule has 4 heteroatoms. The molecule has 2 N–H and O–H groups in total. The Bertz CT molecular complexity index is 410. The van der Waals surface area contributed by atoms with Gasteiger partial charge >= 0.3 is 0 Å². The van der Waals surface area contributed by atoms with E-state index in [0.717, 1.165) is 15.4 Å². The Kier molecular flexibility index (Phi) is 2.12. The van der Waals surface area contributed by atoms with Crippen LogP contribution in [0.25, 0.3) is 10.1 Å². The van der Waals surface area contributed by atoms with Crippen molar-refractivity contribution in [3.63, 3.8) is 0 Å². The van der Waals surface area contributed by atoms with Crippen LogP contribution in [0.4, 0.5) is 0 Å². The van der Waals surface area contributed by atoms with Gasteiger partial charge in [0.15, 0.2) is 0 Å². The Hall–Kier alpha value is -0.450. The first kappa shape index (κ1) is 8.16. The van der Waals surface area contributed by atoms with E-state index in [4.69, 9.17) is 5.73 Å². The molecule has 0 saturated carbocycles. The zero-order chi connectivity index (χ0) is 8.55. The molecule has 2 aromatic rings. The van der Waals surface area contributed by atoms with E-state index in [9.17, 15) is 0 Å². The highest BCUT2D eigenvalue weighted by atomic mass is 79.9. The lowest BCUT2D eigenvalue weighted by atomic mass is 10.2.